The van der Waals surface area contributed by atoms with Crippen molar-refractivity contribution < 1.29 is 23.8 Å². The zero-order chi connectivity index (χ0) is 20.2. The van der Waals surface area contributed by atoms with Gasteiger partial charge in [-0.15, -0.1) is 0 Å². The second kappa shape index (κ2) is 11.6. The predicted octanol–water partition coefficient (Wildman–Crippen LogP) is 4.88. The summed E-state index contributed by atoms with van der Waals surface area (Å²) in [5.74, 6) is 0.450. The van der Waals surface area contributed by atoms with Crippen LogP contribution in [0, 0.1) is 6.92 Å². The van der Waals surface area contributed by atoms with Gasteiger partial charge in [-0.3, -0.25) is 0 Å². The molecule has 0 fully saturated rings. The second-order valence-electron chi connectivity index (χ2n) is 6.36. The number of ether oxygens (including phenoxy) is 3. The Morgan fingerprint density at radius 3 is 2.11 bits per heavy atom. The minimum atomic E-state index is -0.382. The quantitative estimate of drug-likeness (QED) is 0.240. The van der Waals surface area contributed by atoms with Gasteiger partial charge in [0.25, 0.3) is 0 Å². The number of unbranched alkanes of at least 4 members (excludes halogenated alkanes) is 3. The van der Waals surface area contributed by atoms with Crippen molar-refractivity contribution >= 4 is 11.9 Å². The fourth-order valence-electron chi connectivity index (χ4n) is 2.44. The van der Waals surface area contributed by atoms with Crippen LogP contribution in [0.3, 0.4) is 0 Å². The number of aryl methyl sites for hydroxylation is 1. The van der Waals surface area contributed by atoms with Crippen molar-refractivity contribution in [2.75, 3.05) is 13.2 Å². The molecule has 0 saturated carbocycles. The van der Waals surface area contributed by atoms with Gasteiger partial charge >= 0.3 is 11.9 Å². The molecule has 0 amide bonds. The fourth-order valence-corrected chi connectivity index (χ4v) is 2.44. The molecule has 0 atom stereocenters. The lowest BCUT2D eigenvalue weighted by Crippen LogP contribution is -2.08. The third-order valence-electron chi connectivity index (χ3n) is 4.04. The summed E-state index contributed by atoms with van der Waals surface area (Å²) in [5.41, 5.74) is 1.61. The van der Waals surface area contributed by atoms with Crippen molar-refractivity contribution in [3.05, 3.63) is 72.3 Å². The van der Waals surface area contributed by atoms with Crippen LogP contribution in [0.15, 0.2) is 61.2 Å². The number of carbonyl (C=O) groups is 2. The average Bonchev–Trinajstić information content (AvgIpc) is 2.71. The van der Waals surface area contributed by atoms with E-state index in [9.17, 15) is 9.59 Å². The van der Waals surface area contributed by atoms with Gasteiger partial charge in [-0.25, -0.2) is 9.59 Å². The summed E-state index contributed by atoms with van der Waals surface area (Å²) in [4.78, 5) is 23.0. The highest BCUT2D eigenvalue weighted by Crippen LogP contribution is 2.19. The minimum Gasteiger partial charge on any atom is -0.494 e. The Hall–Kier alpha value is -3.08. The zero-order valence-electron chi connectivity index (χ0n) is 16.2. The van der Waals surface area contributed by atoms with E-state index in [-0.39, 0.29) is 11.9 Å². The van der Waals surface area contributed by atoms with Gasteiger partial charge in [0, 0.05) is 6.08 Å². The molecule has 0 spiro atoms. The average molecular weight is 382 g/mol. The van der Waals surface area contributed by atoms with E-state index < -0.39 is 0 Å². The van der Waals surface area contributed by atoms with Crippen molar-refractivity contribution in [1.82, 2.24) is 0 Å². The van der Waals surface area contributed by atoms with E-state index in [4.69, 9.17) is 14.2 Å². The summed E-state index contributed by atoms with van der Waals surface area (Å²) in [7, 11) is 0. The molecule has 0 unspecified atom stereocenters. The van der Waals surface area contributed by atoms with Crippen molar-refractivity contribution in [2.45, 2.75) is 32.6 Å². The van der Waals surface area contributed by atoms with Gasteiger partial charge in [-0.1, -0.05) is 24.3 Å². The van der Waals surface area contributed by atoms with Gasteiger partial charge in [0.1, 0.15) is 11.5 Å². The highest BCUT2D eigenvalue weighted by molar-refractivity contribution is 5.91. The topological polar surface area (TPSA) is 61.8 Å². The fraction of sp³-hybridized carbons (Fsp3) is 0.304. The van der Waals surface area contributed by atoms with Crippen LogP contribution in [0.2, 0.25) is 0 Å². The van der Waals surface area contributed by atoms with Crippen LogP contribution in [-0.2, 0) is 9.53 Å². The summed E-state index contributed by atoms with van der Waals surface area (Å²) >= 11 is 0. The molecule has 2 rings (SSSR count). The highest BCUT2D eigenvalue weighted by Gasteiger charge is 2.08. The summed E-state index contributed by atoms with van der Waals surface area (Å²) in [6.45, 7) is 6.35. The van der Waals surface area contributed by atoms with Gasteiger partial charge in [0.2, 0.25) is 0 Å². The van der Waals surface area contributed by atoms with E-state index in [1.165, 1.54) is 6.08 Å². The lowest BCUT2D eigenvalue weighted by atomic mass is 10.1. The maximum Gasteiger partial charge on any atom is 0.343 e. The molecule has 2 aromatic carbocycles. The Bertz CT molecular complexity index is 763. The maximum absolute atomic E-state index is 12.1. The van der Waals surface area contributed by atoms with Crippen LogP contribution in [-0.4, -0.2) is 25.2 Å². The first kappa shape index (κ1) is 21.2. The van der Waals surface area contributed by atoms with Crippen LogP contribution in [0.4, 0.5) is 0 Å². The Labute approximate surface area is 165 Å². The van der Waals surface area contributed by atoms with E-state index in [2.05, 4.69) is 6.58 Å². The normalized spacial score (nSPS) is 10.2. The molecule has 0 bridgehead atoms. The number of hydrogen-bond acceptors (Lipinski definition) is 5. The van der Waals surface area contributed by atoms with Gasteiger partial charge in [-0.05, 0) is 69.0 Å². The molecule has 2 aromatic rings. The standard InChI is InChI=1S/C23H26O5/c1-3-22(24)27-17-7-5-4-6-16-26-20-12-14-21(15-13-20)28-23(25)19-10-8-18(2)9-11-19/h3,8-15H,1,4-7,16-17H2,2H3. The van der Waals surface area contributed by atoms with Crippen molar-refractivity contribution in [3.8, 4) is 11.5 Å². The summed E-state index contributed by atoms with van der Waals surface area (Å²) in [6.07, 6.45) is 4.89. The van der Waals surface area contributed by atoms with Crippen LogP contribution in [0.25, 0.3) is 0 Å². The Balaban J connectivity index is 1.63. The van der Waals surface area contributed by atoms with Crippen LogP contribution >= 0.6 is 0 Å². The monoisotopic (exact) mass is 382 g/mol. The molecular formula is C23H26O5. The third-order valence-corrected chi connectivity index (χ3v) is 4.04. The summed E-state index contributed by atoms with van der Waals surface area (Å²) < 4.78 is 16.0. The van der Waals surface area contributed by atoms with Gasteiger partial charge in [0.15, 0.2) is 0 Å². The van der Waals surface area contributed by atoms with Crippen LogP contribution in [0.5, 0.6) is 11.5 Å². The summed E-state index contributed by atoms with van der Waals surface area (Å²) in [5, 5.41) is 0. The number of benzene rings is 2. The molecule has 0 N–H and O–H groups in total. The third kappa shape index (κ3) is 7.66. The van der Waals surface area contributed by atoms with Gasteiger partial charge < -0.3 is 14.2 Å². The van der Waals surface area contributed by atoms with E-state index in [1.54, 1.807) is 36.4 Å². The van der Waals surface area contributed by atoms with Crippen LogP contribution in [0.1, 0.15) is 41.6 Å². The highest BCUT2D eigenvalue weighted by atomic mass is 16.5. The minimum absolute atomic E-state index is 0.378. The largest absolute Gasteiger partial charge is 0.494 e. The first-order chi connectivity index (χ1) is 13.6. The Kier molecular flexibility index (Phi) is 8.79. The molecule has 28 heavy (non-hydrogen) atoms. The number of hydrogen-bond donors (Lipinski definition) is 0. The molecule has 0 saturated heterocycles. The zero-order valence-corrected chi connectivity index (χ0v) is 16.2. The molecule has 0 heterocycles. The lowest BCUT2D eigenvalue weighted by molar-refractivity contribution is -0.137. The van der Waals surface area contributed by atoms with Crippen molar-refractivity contribution in [3.63, 3.8) is 0 Å². The molecular weight excluding hydrogens is 356 g/mol. The first-order valence-electron chi connectivity index (χ1n) is 9.39. The second-order valence-corrected chi connectivity index (χ2v) is 6.36. The number of esters is 2. The van der Waals surface area contributed by atoms with Gasteiger partial charge in [-0.2, -0.15) is 0 Å². The first-order valence-corrected chi connectivity index (χ1v) is 9.39. The molecule has 0 aliphatic heterocycles. The Morgan fingerprint density at radius 1 is 0.857 bits per heavy atom. The van der Waals surface area contributed by atoms with E-state index in [0.717, 1.165) is 37.0 Å². The summed E-state index contributed by atoms with van der Waals surface area (Å²) in [6, 6.07) is 14.3. The van der Waals surface area contributed by atoms with E-state index in [1.807, 2.05) is 19.1 Å². The number of carbonyl (C=O) groups excluding carboxylic acids is 2. The maximum atomic E-state index is 12.1. The van der Waals surface area contributed by atoms with E-state index in [0.29, 0.717) is 24.5 Å². The SMILES string of the molecule is C=CC(=O)OCCCCCCOc1ccc(OC(=O)c2ccc(C)cc2)cc1. The lowest BCUT2D eigenvalue weighted by Gasteiger charge is -2.08. The predicted molar refractivity (Wildman–Crippen MR) is 108 cm³/mol. The number of rotatable bonds is 11. The van der Waals surface area contributed by atoms with E-state index >= 15 is 0 Å². The van der Waals surface area contributed by atoms with Crippen molar-refractivity contribution in [2.24, 2.45) is 0 Å². The molecule has 5 nitrogen and oxygen atoms in total. The Morgan fingerprint density at radius 2 is 1.46 bits per heavy atom. The molecule has 148 valence electrons. The molecule has 5 heteroatoms. The molecule has 0 aliphatic rings. The van der Waals surface area contributed by atoms with Crippen LogP contribution < -0.4 is 9.47 Å². The van der Waals surface area contributed by atoms with Crippen molar-refractivity contribution in [1.29, 1.82) is 0 Å². The smallest absolute Gasteiger partial charge is 0.343 e. The molecule has 0 aromatic heterocycles. The van der Waals surface area contributed by atoms with Gasteiger partial charge in [0.05, 0.1) is 18.8 Å². The molecule has 0 aliphatic carbocycles. The molecule has 0 radical (unpaired) electrons.